The van der Waals surface area contributed by atoms with Crippen LogP contribution in [0.3, 0.4) is 0 Å². The van der Waals surface area contributed by atoms with Crippen molar-refractivity contribution in [1.29, 1.82) is 0 Å². The first-order chi connectivity index (χ1) is 18.3. The molecule has 1 unspecified atom stereocenters. The minimum atomic E-state index is -1.08. The van der Waals surface area contributed by atoms with Crippen molar-refractivity contribution in [3.63, 3.8) is 0 Å². The monoisotopic (exact) mass is 513 g/mol. The number of fused-ring (bicyclic) bond motifs is 1. The average Bonchev–Trinajstić information content (AvgIpc) is 3.26. The number of benzene rings is 2. The number of hydrogen-bond acceptors (Lipinski definition) is 6. The lowest BCUT2D eigenvalue weighted by Gasteiger charge is -2.39. The number of carbonyl (C=O) groups excluding carboxylic acids is 4. The molecule has 3 heterocycles. The fourth-order valence-corrected chi connectivity index (χ4v) is 4.58. The van der Waals surface area contributed by atoms with E-state index in [4.69, 9.17) is 4.74 Å². The summed E-state index contributed by atoms with van der Waals surface area (Å²) in [4.78, 5) is 55.0. The Labute approximate surface area is 219 Å². The number of anilines is 1. The summed E-state index contributed by atoms with van der Waals surface area (Å²) < 4.78 is 5.70. The molecular formula is C28H27N5O5. The molecule has 0 aliphatic carbocycles. The molecule has 1 fully saturated rings. The summed E-state index contributed by atoms with van der Waals surface area (Å²) in [6.45, 7) is 2.61. The Kier molecular flexibility index (Phi) is 6.78. The van der Waals surface area contributed by atoms with Gasteiger partial charge in [0.05, 0.1) is 0 Å². The third-order valence-corrected chi connectivity index (χ3v) is 6.87. The van der Waals surface area contributed by atoms with Crippen LogP contribution in [0.15, 0.2) is 67.0 Å². The van der Waals surface area contributed by atoms with E-state index in [1.54, 1.807) is 55.7 Å². The molecule has 1 aromatic heterocycles. The van der Waals surface area contributed by atoms with Crippen molar-refractivity contribution >= 4 is 29.4 Å². The number of nitrogens with zero attached hydrogens (tertiary/aromatic N) is 2. The molecule has 2 aromatic carbocycles. The molecule has 2 aliphatic heterocycles. The number of aromatic nitrogens is 1. The number of piperidine rings is 1. The van der Waals surface area contributed by atoms with E-state index < -0.39 is 11.4 Å². The normalized spacial score (nSPS) is 18.6. The Morgan fingerprint density at radius 2 is 1.79 bits per heavy atom. The third-order valence-electron chi connectivity index (χ3n) is 6.87. The molecule has 0 radical (unpaired) electrons. The Balaban J connectivity index is 1.14. The van der Waals surface area contributed by atoms with Crippen molar-refractivity contribution in [3.05, 3.63) is 89.2 Å². The highest BCUT2D eigenvalue weighted by Crippen LogP contribution is 2.34. The van der Waals surface area contributed by atoms with E-state index in [0.29, 0.717) is 17.9 Å². The summed E-state index contributed by atoms with van der Waals surface area (Å²) in [6.07, 6.45) is 3.80. The minimum absolute atomic E-state index is 0.189. The summed E-state index contributed by atoms with van der Waals surface area (Å²) in [5, 5.41) is 7.97. The second-order valence-electron chi connectivity index (χ2n) is 9.51. The van der Waals surface area contributed by atoms with E-state index in [9.17, 15) is 19.2 Å². The summed E-state index contributed by atoms with van der Waals surface area (Å²) >= 11 is 0. The summed E-state index contributed by atoms with van der Waals surface area (Å²) in [5.74, 6) is -0.286. The molecular weight excluding hydrogens is 486 g/mol. The van der Waals surface area contributed by atoms with E-state index in [1.165, 1.54) is 4.90 Å². The lowest BCUT2D eigenvalue weighted by atomic mass is 9.89. The van der Waals surface area contributed by atoms with Crippen LogP contribution in [0.5, 0.6) is 5.75 Å². The van der Waals surface area contributed by atoms with Gasteiger partial charge < -0.3 is 20.3 Å². The lowest BCUT2D eigenvalue weighted by Crippen LogP contribution is -2.61. The van der Waals surface area contributed by atoms with E-state index in [-0.39, 0.29) is 43.8 Å². The number of nitrogens with one attached hydrogen (secondary N) is 3. The summed E-state index contributed by atoms with van der Waals surface area (Å²) in [7, 11) is 0. The van der Waals surface area contributed by atoms with Crippen LogP contribution in [0, 0.1) is 0 Å². The first-order valence-corrected chi connectivity index (χ1v) is 12.3. The number of imide groups is 1. The number of rotatable bonds is 7. The zero-order valence-corrected chi connectivity index (χ0v) is 20.8. The van der Waals surface area contributed by atoms with Crippen LogP contribution in [0.25, 0.3) is 0 Å². The summed E-state index contributed by atoms with van der Waals surface area (Å²) in [6, 6.07) is 15.9. The van der Waals surface area contributed by atoms with Gasteiger partial charge in [-0.25, -0.2) is 4.79 Å². The van der Waals surface area contributed by atoms with Gasteiger partial charge in [0, 0.05) is 43.2 Å². The molecule has 0 saturated carbocycles. The number of amides is 5. The Hall–Kier alpha value is -4.73. The summed E-state index contributed by atoms with van der Waals surface area (Å²) in [5.41, 5.74) is 2.65. The Morgan fingerprint density at radius 1 is 1.05 bits per heavy atom. The van der Waals surface area contributed by atoms with E-state index in [0.717, 1.165) is 22.4 Å². The molecule has 0 spiro atoms. The number of hydrogen-bond donors (Lipinski definition) is 3. The highest BCUT2D eigenvalue weighted by atomic mass is 16.5. The first-order valence-electron chi connectivity index (χ1n) is 12.3. The lowest BCUT2D eigenvalue weighted by molar-refractivity contribution is -0.142. The van der Waals surface area contributed by atoms with Crippen LogP contribution in [0.1, 0.15) is 46.8 Å². The van der Waals surface area contributed by atoms with Gasteiger partial charge >= 0.3 is 6.03 Å². The number of ether oxygens (including phenoxy) is 1. The number of pyridine rings is 1. The van der Waals surface area contributed by atoms with Gasteiger partial charge in [0.2, 0.25) is 5.91 Å². The first kappa shape index (κ1) is 24.9. The van der Waals surface area contributed by atoms with Crippen LogP contribution in [0.4, 0.5) is 10.5 Å². The van der Waals surface area contributed by atoms with E-state index in [2.05, 4.69) is 20.9 Å². The Morgan fingerprint density at radius 3 is 2.53 bits per heavy atom. The highest BCUT2D eigenvalue weighted by Gasteiger charge is 2.48. The number of urea groups is 1. The van der Waals surface area contributed by atoms with Gasteiger partial charge in [-0.3, -0.25) is 24.7 Å². The van der Waals surface area contributed by atoms with Crippen LogP contribution in [0.2, 0.25) is 0 Å². The molecule has 10 heteroatoms. The standard InChI is InChI=1S/C28H27N5O5/c1-28(11-8-24(34)32-26(28)36)33-16-20-14-19(4-7-23(20)25(33)35)15-30-27(37)31-21-5-2-18(3-6-21)17-38-22-9-12-29-13-10-22/h2-7,9-10,12-14H,8,11,15-17H2,1H3,(H2,30,31,37)(H,32,34,36). The minimum Gasteiger partial charge on any atom is -0.489 e. The van der Waals surface area contributed by atoms with E-state index in [1.807, 2.05) is 18.2 Å². The molecule has 10 nitrogen and oxygen atoms in total. The fourth-order valence-electron chi connectivity index (χ4n) is 4.58. The maximum absolute atomic E-state index is 13.0. The maximum Gasteiger partial charge on any atom is 0.319 e. The maximum atomic E-state index is 13.0. The zero-order chi connectivity index (χ0) is 26.7. The quantitative estimate of drug-likeness (QED) is 0.416. The molecule has 5 amide bonds. The third kappa shape index (κ3) is 5.19. The second-order valence-corrected chi connectivity index (χ2v) is 9.51. The molecule has 3 N–H and O–H groups in total. The molecule has 5 rings (SSSR count). The highest BCUT2D eigenvalue weighted by molar-refractivity contribution is 6.07. The van der Waals surface area contributed by atoms with Crippen molar-refractivity contribution in [2.45, 2.75) is 45.0 Å². The largest absolute Gasteiger partial charge is 0.489 e. The molecule has 2 aliphatic rings. The van der Waals surface area contributed by atoms with Crippen molar-refractivity contribution < 1.29 is 23.9 Å². The van der Waals surface area contributed by atoms with Gasteiger partial charge in [-0.2, -0.15) is 0 Å². The Bertz CT molecular complexity index is 1390. The van der Waals surface area contributed by atoms with Gasteiger partial charge in [0.1, 0.15) is 17.9 Å². The second kappa shape index (κ2) is 10.3. The van der Waals surface area contributed by atoms with Gasteiger partial charge in [-0.1, -0.05) is 24.3 Å². The molecule has 1 saturated heterocycles. The van der Waals surface area contributed by atoms with Gasteiger partial charge in [0.15, 0.2) is 0 Å². The average molecular weight is 514 g/mol. The van der Waals surface area contributed by atoms with Crippen molar-refractivity contribution in [2.24, 2.45) is 0 Å². The molecule has 1 atom stereocenters. The zero-order valence-electron chi connectivity index (χ0n) is 20.8. The predicted octanol–water partition coefficient (Wildman–Crippen LogP) is 3.13. The topological polar surface area (TPSA) is 130 Å². The van der Waals surface area contributed by atoms with Gasteiger partial charge in [0.25, 0.3) is 11.8 Å². The molecule has 38 heavy (non-hydrogen) atoms. The molecule has 3 aromatic rings. The van der Waals surface area contributed by atoms with Crippen LogP contribution >= 0.6 is 0 Å². The van der Waals surface area contributed by atoms with Crippen molar-refractivity contribution in [2.75, 3.05) is 5.32 Å². The van der Waals surface area contributed by atoms with Crippen LogP contribution < -0.4 is 20.7 Å². The van der Waals surface area contributed by atoms with Gasteiger partial charge in [-0.05, 0) is 60.4 Å². The molecule has 0 bridgehead atoms. The predicted molar refractivity (Wildman–Crippen MR) is 138 cm³/mol. The molecule has 194 valence electrons. The van der Waals surface area contributed by atoms with Gasteiger partial charge in [-0.15, -0.1) is 0 Å². The van der Waals surface area contributed by atoms with Crippen molar-refractivity contribution in [1.82, 2.24) is 20.5 Å². The van der Waals surface area contributed by atoms with E-state index >= 15 is 0 Å². The smallest absolute Gasteiger partial charge is 0.319 e. The van der Waals surface area contributed by atoms with Crippen LogP contribution in [-0.2, 0) is 29.3 Å². The fraction of sp³-hybridized carbons (Fsp3) is 0.250. The SMILES string of the molecule is CC1(N2Cc3cc(CNC(=O)Nc4ccc(COc5ccncc5)cc4)ccc3C2=O)CCC(=O)NC1=O. The van der Waals surface area contributed by atoms with Crippen molar-refractivity contribution in [3.8, 4) is 5.75 Å². The van der Waals surface area contributed by atoms with Crippen LogP contribution in [-0.4, -0.2) is 39.2 Å². The number of carbonyl (C=O) groups is 4.